The van der Waals surface area contributed by atoms with Gasteiger partial charge in [0.1, 0.15) is 0 Å². The van der Waals surface area contributed by atoms with E-state index in [1.807, 2.05) is 40.7 Å². The van der Waals surface area contributed by atoms with E-state index in [1.165, 1.54) is 12.1 Å². The number of fused-ring (bicyclic) bond motifs is 1. The summed E-state index contributed by atoms with van der Waals surface area (Å²) in [5.74, 6) is -1.95. The van der Waals surface area contributed by atoms with Gasteiger partial charge in [0.05, 0.1) is 11.3 Å². The van der Waals surface area contributed by atoms with Gasteiger partial charge in [0, 0.05) is 55.2 Å². The molecule has 272 valence electrons. The molecule has 0 bridgehead atoms. The fourth-order valence-corrected chi connectivity index (χ4v) is 6.95. The number of pyridine rings is 1. The summed E-state index contributed by atoms with van der Waals surface area (Å²) in [6.45, 7) is 10.7. The third-order valence-electron chi connectivity index (χ3n) is 9.40. The largest absolute Gasteiger partial charge is 0.479 e. The van der Waals surface area contributed by atoms with Gasteiger partial charge in [-0.25, -0.2) is 4.79 Å². The first kappa shape index (κ1) is 37.4. The van der Waals surface area contributed by atoms with E-state index in [4.69, 9.17) is 9.72 Å². The Balaban J connectivity index is 1.49. The average Bonchev–Trinajstić information content (AvgIpc) is 3.00. The Bertz CT molecular complexity index is 1700. The second kappa shape index (κ2) is 14.8. The lowest BCUT2D eigenvalue weighted by molar-refractivity contribution is -0.160. The van der Waals surface area contributed by atoms with Crippen LogP contribution in [0.3, 0.4) is 0 Å². The molecule has 3 aromatic rings. The highest BCUT2D eigenvalue weighted by Gasteiger charge is 2.36. The van der Waals surface area contributed by atoms with Gasteiger partial charge >= 0.3 is 19.2 Å². The van der Waals surface area contributed by atoms with Crippen molar-refractivity contribution in [3.8, 4) is 22.6 Å². The average molecular weight is 702 g/mol. The maximum Gasteiger partial charge on any atom is 0.387 e. The predicted octanol–water partition coefficient (Wildman–Crippen LogP) is 8.69. The zero-order valence-electron chi connectivity index (χ0n) is 29.8. The Hall–Kier alpha value is -3.90. The van der Waals surface area contributed by atoms with Gasteiger partial charge in [0.15, 0.2) is 17.6 Å². The lowest BCUT2D eigenvalue weighted by atomic mass is 9.81. The van der Waals surface area contributed by atoms with Crippen LogP contribution >= 0.6 is 0 Å². The van der Waals surface area contributed by atoms with Crippen molar-refractivity contribution < 1.29 is 41.7 Å². The lowest BCUT2D eigenvalue weighted by Gasteiger charge is -2.41. The maximum absolute atomic E-state index is 13.0. The molecule has 1 atom stereocenters. The van der Waals surface area contributed by atoms with Crippen LogP contribution in [0.1, 0.15) is 87.2 Å². The van der Waals surface area contributed by atoms with Crippen molar-refractivity contribution in [3.05, 3.63) is 70.0 Å². The molecule has 50 heavy (non-hydrogen) atoms. The number of rotatable bonds is 11. The number of aryl methyl sites for hydroxylation is 2. The monoisotopic (exact) mass is 701 g/mol. The number of aromatic nitrogens is 1. The van der Waals surface area contributed by atoms with Crippen LogP contribution < -0.4 is 14.4 Å². The molecule has 2 aromatic carbocycles. The molecule has 1 aromatic heterocycles. The van der Waals surface area contributed by atoms with Crippen LogP contribution in [-0.2, 0) is 29.0 Å². The molecular weight excluding hydrogens is 654 g/mol. The lowest BCUT2D eigenvalue weighted by Crippen LogP contribution is -2.39. The molecule has 0 spiro atoms. The van der Waals surface area contributed by atoms with Crippen LogP contribution in [0.15, 0.2) is 36.4 Å². The van der Waals surface area contributed by atoms with Crippen LogP contribution in [0, 0.1) is 19.3 Å². The fourth-order valence-electron chi connectivity index (χ4n) is 6.95. The van der Waals surface area contributed by atoms with Crippen molar-refractivity contribution in [2.45, 2.75) is 106 Å². The smallest absolute Gasteiger partial charge is 0.387 e. The number of benzene rings is 2. The van der Waals surface area contributed by atoms with Crippen molar-refractivity contribution in [1.29, 1.82) is 0 Å². The van der Waals surface area contributed by atoms with Gasteiger partial charge in [0.2, 0.25) is 0 Å². The number of hydrogen-bond acceptors (Lipinski definition) is 7. The van der Waals surface area contributed by atoms with E-state index in [0.29, 0.717) is 42.9 Å². The zero-order chi connectivity index (χ0) is 36.5. The molecule has 0 radical (unpaired) electrons. The van der Waals surface area contributed by atoms with Crippen LogP contribution in [0.25, 0.3) is 11.1 Å². The summed E-state index contributed by atoms with van der Waals surface area (Å²) in [6, 6.07) is 10.4. The van der Waals surface area contributed by atoms with Gasteiger partial charge in [-0.15, -0.1) is 0 Å². The number of anilines is 1. The zero-order valence-corrected chi connectivity index (χ0v) is 29.8. The number of halogens is 4. The molecule has 3 heterocycles. The number of ether oxygens (including phenoxy) is 3. The van der Waals surface area contributed by atoms with Crippen molar-refractivity contribution in [2.24, 2.45) is 5.41 Å². The molecule has 5 rings (SSSR count). The second-order valence-corrected chi connectivity index (χ2v) is 15.0. The number of hydrogen-bond donors (Lipinski definition) is 1. The second-order valence-electron chi connectivity index (χ2n) is 15.0. The van der Waals surface area contributed by atoms with Gasteiger partial charge in [-0.2, -0.15) is 17.6 Å². The summed E-state index contributed by atoms with van der Waals surface area (Å²) in [5.41, 5.74) is 7.07. The molecular formula is C38H47F4N3O5. The van der Waals surface area contributed by atoms with Crippen molar-refractivity contribution in [2.75, 3.05) is 24.5 Å². The van der Waals surface area contributed by atoms with Crippen molar-refractivity contribution in [1.82, 2.24) is 9.88 Å². The van der Waals surface area contributed by atoms with E-state index in [1.54, 1.807) is 6.07 Å². The Morgan fingerprint density at radius 3 is 2.20 bits per heavy atom. The molecule has 1 saturated heterocycles. The topological polar surface area (TPSA) is 84.4 Å². The summed E-state index contributed by atoms with van der Waals surface area (Å²) in [6.07, 6.45) is 1.42. The molecule has 2 aliphatic rings. The predicted molar refractivity (Wildman–Crippen MR) is 183 cm³/mol. The summed E-state index contributed by atoms with van der Waals surface area (Å²) < 4.78 is 66.7. The van der Waals surface area contributed by atoms with Crippen LogP contribution in [0.2, 0.25) is 0 Å². The minimum Gasteiger partial charge on any atom is -0.479 e. The van der Waals surface area contributed by atoms with E-state index in [9.17, 15) is 27.5 Å². The van der Waals surface area contributed by atoms with E-state index in [2.05, 4.69) is 45.3 Å². The Morgan fingerprint density at radius 2 is 1.58 bits per heavy atom. The number of carbonyl (C=O) groups is 1. The summed E-state index contributed by atoms with van der Waals surface area (Å²) in [5, 5.41) is 10.5. The Morgan fingerprint density at radius 1 is 0.920 bits per heavy atom. The quantitative estimate of drug-likeness (QED) is 0.199. The number of alkyl halides is 4. The first-order chi connectivity index (χ1) is 23.4. The van der Waals surface area contributed by atoms with Gasteiger partial charge in [-0.3, -0.25) is 9.88 Å². The molecule has 0 amide bonds. The van der Waals surface area contributed by atoms with Gasteiger partial charge in [0.25, 0.3) is 0 Å². The van der Waals surface area contributed by atoms with Crippen molar-refractivity contribution in [3.63, 3.8) is 0 Å². The maximum atomic E-state index is 13.0. The summed E-state index contributed by atoms with van der Waals surface area (Å²) in [4.78, 5) is 22.2. The third-order valence-corrected chi connectivity index (χ3v) is 9.40. The summed E-state index contributed by atoms with van der Waals surface area (Å²) in [7, 11) is 0. The highest BCUT2D eigenvalue weighted by molar-refractivity contribution is 5.88. The van der Waals surface area contributed by atoms with E-state index < -0.39 is 42.4 Å². The first-order valence-electron chi connectivity index (χ1n) is 16.9. The number of piperidine rings is 1. The SMILES string of the molecule is Cc1nc(C)c([C@H](OC(C)(C)C)C(=O)O)c(N2CCC(C)(C)CC2)c1-c1ccc2c(c1)CCN(Cc1ccc(OC(F)F)c(OC(F)F)c1)C2. The number of carboxylic acids is 1. The van der Waals surface area contributed by atoms with E-state index >= 15 is 0 Å². The first-order valence-corrected chi connectivity index (χ1v) is 16.9. The molecule has 0 saturated carbocycles. The Labute approximate surface area is 291 Å². The molecule has 12 heteroatoms. The highest BCUT2D eigenvalue weighted by atomic mass is 19.3. The minimum absolute atomic E-state index is 0.179. The van der Waals surface area contributed by atoms with Crippen molar-refractivity contribution >= 4 is 11.7 Å². The van der Waals surface area contributed by atoms with Crippen LogP contribution in [0.5, 0.6) is 11.5 Å². The third kappa shape index (κ3) is 8.87. The molecule has 2 aliphatic heterocycles. The number of nitrogens with zero attached hydrogens (tertiary/aromatic N) is 3. The molecule has 1 N–H and O–H groups in total. The molecule has 0 unspecified atom stereocenters. The van der Waals surface area contributed by atoms with E-state index in [0.717, 1.165) is 59.6 Å². The van der Waals surface area contributed by atoms with E-state index in [-0.39, 0.29) is 5.41 Å². The standard InChI is InChI=1S/C38H47F4N3O5/c1-22-30(32(45-16-13-38(6,7)14-17-45)31(23(2)43-22)33(34(46)47)50-37(3,4)5)26-9-10-27-21-44(15-12-25(27)19-26)20-24-8-11-28(48-35(39)40)29(18-24)49-36(41)42/h8-11,18-19,33,35-36H,12-17,20-21H2,1-7H3,(H,46,47)/t33-/m0/s1. The van der Waals surface area contributed by atoms with Gasteiger partial charge in [-0.1, -0.05) is 38.1 Å². The number of aliphatic carboxylic acids is 1. The normalized spacial score (nSPS) is 17.2. The molecule has 0 aliphatic carbocycles. The van der Waals surface area contributed by atoms with Crippen LogP contribution in [-0.4, -0.2) is 59.4 Å². The fraction of sp³-hybridized carbons (Fsp3) is 0.526. The molecule has 1 fully saturated rings. The Kier molecular flexibility index (Phi) is 11.0. The van der Waals surface area contributed by atoms with Gasteiger partial charge < -0.3 is 24.2 Å². The number of carboxylic acid groups (broad SMARTS) is 1. The highest BCUT2D eigenvalue weighted by Crippen LogP contribution is 2.45. The minimum atomic E-state index is -3.19. The molecule has 8 nitrogen and oxygen atoms in total. The van der Waals surface area contributed by atoms with Gasteiger partial charge in [-0.05, 0) is 93.7 Å². The van der Waals surface area contributed by atoms with Crippen LogP contribution in [0.4, 0.5) is 23.2 Å². The summed E-state index contributed by atoms with van der Waals surface area (Å²) >= 11 is 0.